The Bertz CT molecular complexity index is 741. The number of carbonyl (C=O) groups is 2. The van der Waals surface area contributed by atoms with E-state index in [0.29, 0.717) is 16.8 Å². The Morgan fingerprint density at radius 3 is 2.52 bits per heavy atom. The molecular formula is C19H20FN3O2. The highest BCUT2D eigenvalue weighted by Gasteiger charge is 2.22. The minimum Gasteiger partial charge on any atom is -0.356 e. The molecule has 0 radical (unpaired) electrons. The Labute approximate surface area is 145 Å². The van der Waals surface area contributed by atoms with Crippen LogP contribution in [-0.2, 0) is 4.79 Å². The van der Waals surface area contributed by atoms with Crippen LogP contribution in [0.2, 0.25) is 0 Å². The Morgan fingerprint density at radius 1 is 1.12 bits per heavy atom. The number of benzene rings is 1. The number of rotatable bonds is 5. The molecule has 5 nitrogen and oxygen atoms in total. The van der Waals surface area contributed by atoms with Gasteiger partial charge in [0.05, 0.1) is 11.3 Å². The van der Waals surface area contributed by atoms with Crippen LogP contribution in [-0.4, -0.2) is 29.4 Å². The molecule has 2 amide bonds. The number of hydrogen-bond acceptors (Lipinski definition) is 3. The monoisotopic (exact) mass is 341 g/mol. The van der Waals surface area contributed by atoms with Crippen molar-refractivity contribution in [2.24, 2.45) is 0 Å². The van der Waals surface area contributed by atoms with Crippen molar-refractivity contribution in [3.05, 3.63) is 54.0 Å². The highest BCUT2D eigenvalue weighted by molar-refractivity contribution is 5.94. The lowest BCUT2D eigenvalue weighted by molar-refractivity contribution is -0.110. The quantitative estimate of drug-likeness (QED) is 0.822. The van der Waals surface area contributed by atoms with Crippen molar-refractivity contribution in [2.75, 3.05) is 0 Å². The van der Waals surface area contributed by atoms with Crippen molar-refractivity contribution in [3.8, 4) is 11.3 Å². The summed E-state index contributed by atoms with van der Waals surface area (Å²) in [5, 5.41) is 5.80. The first-order valence-electron chi connectivity index (χ1n) is 8.38. The van der Waals surface area contributed by atoms with Crippen molar-refractivity contribution in [2.45, 2.75) is 37.8 Å². The molecule has 0 atom stereocenters. The lowest BCUT2D eigenvalue weighted by atomic mass is 9.91. The molecule has 1 aromatic heterocycles. The molecule has 6 heteroatoms. The van der Waals surface area contributed by atoms with E-state index in [1.165, 1.54) is 18.3 Å². The van der Waals surface area contributed by atoms with E-state index in [9.17, 15) is 14.0 Å². The van der Waals surface area contributed by atoms with Crippen LogP contribution in [0.3, 0.4) is 0 Å². The van der Waals surface area contributed by atoms with E-state index < -0.39 is 0 Å². The Morgan fingerprint density at radius 2 is 1.88 bits per heavy atom. The molecule has 2 N–H and O–H groups in total. The van der Waals surface area contributed by atoms with Gasteiger partial charge in [0.2, 0.25) is 6.41 Å². The Kier molecular flexibility index (Phi) is 5.38. The van der Waals surface area contributed by atoms with Gasteiger partial charge < -0.3 is 10.6 Å². The third-order valence-corrected chi connectivity index (χ3v) is 4.51. The van der Waals surface area contributed by atoms with Crippen molar-refractivity contribution in [3.63, 3.8) is 0 Å². The number of nitrogens with one attached hydrogen (secondary N) is 2. The van der Waals surface area contributed by atoms with E-state index in [4.69, 9.17) is 0 Å². The number of amides is 2. The van der Waals surface area contributed by atoms with Gasteiger partial charge in [-0.25, -0.2) is 4.39 Å². The summed E-state index contributed by atoms with van der Waals surface area (Å²) in [7, 11) is 0. The Hall–Kier alpha value is -2.76. The van der Waals surface area contributed by atoms with Crippen LogP contribution in [0.15, 0.2) is 42.6 Å². The van der Waals surface area contributed by atoms with Gasteiger partial charge in [0, 0.05) is 23.8 Å². The van der Waals surface area contributed by atoms with Gasteiger partial charge >= 0.3 is 0 Å². The molecule has 1 saturated carbocycles. The third kappa shape index (κ3) is 4.41. The van der Waals surface area contributed by atoms with Gasteiger partial charge in [0.15, 0.2) is 0 Å². The number of hydrogen-bond donors (Lipinski definition) is 2. The average molecular weight is 341 g/mol. The van der Waals surface area contributed by atoms with Gasteiger partial charge in [0.25, 0.3) is 5.91 Å². The number of carbonyl (C=O) groups excluding carboxylic acids is 2. The highest BCUT2D eigenvalue weighted by Crippen LogP contribution is 2.20. The molecule has 130 valence electrons. The molecule has 0 bridgehead atoms. The molecule has 25 heavy (non-hydrogen) atoms. The largest absolute Gasteiger partial charge is 0.356 e. The first-order valence-corrected chi connectivity index (χ1v) is 8.38. The predicted molar refractivity (Wildman–Crippen MR) is 92.3 cm³/mol. The van der Waals surface area contributed by atoms with Crippen molar-refractivity contribution < 1.29 is 14.0 Å². The van der Waals surface area contributed by atoms with Gasteiger partial charge in [-0.05, 0) is 49.9 Å². The van der Waals surface area contributed by atoms with Crippen LogP contribution in [0.4, 0.5) is 4.39 Å². The maximum Gasteiger partial charge on any atom is 0.253 e. The molecule has 3 rings (SSSR count). The summed E-state index contributed by atoms with van der Waals surface area (Å²) in [6, 6.07) is 9.92. The lowest BCUT2D eigenvalue weighted by Crippen LogP contribution is -2.41. The van der Waals surface area contributed by atoms with E-state index in [0.717, 1.165) is 32.1 Å². The zero-order chi connectivity index (χ0) is 17.6. The molecule has 1 aliphatic rings. The van der Waals surface area contributed by atoms with Gasteiger partial charge in [-0.15, -0.1) is 0 Å². The first-order chi connectivity index (χ1) is 12.2. The molecule has 0 aliphatic heterocycles. The molecular weight excluding hydrogens is 321 g/mol. The minimum atomic E-state index is -0.319. The molecule has 1 heterocycles. The topological polar surface area (TPSA) is 71.1 Å². The third-order valence-electron chi connectivity index (χ3n) is 4.51. The van der Waals surface area contributed by atoms with E-state index in [-0.39, 0.29) is 23.8 Å². The van der Waals surface area contributed by atoms with Crippen LogP contribution >= 0.6 is 0 Å². The van der Waals surface area contributed by atoms with Crippen LogP contribution in [0.25, 0.3) is 11.3 Å². The van der Waals surface area contributed by atoms with Gasteiger partial charge in [0.1, 0.15) is 5.82 Å². The SMILES string of the molecule is O=CN[C@H]1CC[C@H](NC(=O)c2ccc(-c3cccc(F)c3)nc2)CC1. The zero-order valence-corrected chi connectivity index (χ0v) is 13.7. The standard InChI is InChI=1S/C19H20FN3O2/c20-15-3-1-2-13(10-15)18-9-4-14(11-21-18)19(25)23-17-7-5-16(6-8-17)22-12-24/h1-4,9-12,16-17H,5-8H2,(H,22,24)(H,23,25)/t16-,17-. The van der Waals surface area contributed by atoms with Crippen molar-refractivity contribution in [1.29, 1.82) is 0 Å². The smallest absolute Gasteiger partial charge is 0.253 e. The summed E-state index contributed by atoms with van der Waals surface area (Å²) in [6.45, 7) is 0. The molecule has 1 aromatic carbocycles. The number of aromatic nitrogens is 1. The Balaban J connectivity index is 1.59. The minimum absolute atomic E-state index is 0.111. The predicted octanol–water partition coefficient (Wildman–Crippen LogP) is 2.67. The maximum absolute atomic E-state index is 13.3. The summed E-state index contributed by atoms with van der Waals surface area (Å²) in [5.74, 6) is -0.481. The van der Waals surface area contributed by atoms with E-state index in [1.807, 2.05) is 0 Å². The molecule has 0 saturated heterocycles. The van der Waals surface area contributed by atoms with E-state index in [1.54, 1.807) is 24.3 Å². The van der Waals surface area contributed by atoms with E-state index in [2.05, 4.69) is 15.6 Å². The molecule has 1 aliphatic carbocycles. The van der Waals surface area contributed by atoms with Crippen molar-refractivity contribution >= 4 is 12.3 Å². The summed E-state index contributed by atoms with van der Waals surface area (Å²) in [4.78, 5) is 27.1. The van der Waals surface area contributed by atoms with Crippen LogP contribution in [0.5, 0.6) is 0 Å². The summed E-state index contributed by atoms with van der Waals surface area (Å²) in [6.07, 6.45) is 5.64. The number of nitrogens with zero attached hydrogens (tertiary/aromatic N) is 1. The maximum atomic E-state index is 13.3. The molecule has 0 spiro atoms. The average Bonchev–Trinajstić information content (AvgIpc) is 2.64. The molecule has 2 aromatic rings. The zero-order valence-electron chi connectivity index (χ0n) is 13.7. The fourth-order valence-electron chi connectivity index (χ4n) is 3.12. The van der Waals surface area contributed by atoms with Gasteiger partial charge in [-0.1, -0.05) is 12.1 Å². The van der Waals surface area contributed by atoms with Gasteiger partial charge in [-0.2, -0.15) is 0 Å². The highest BCUT2D eigenvalue weighted by atomic mass is 19.1. The number of pyridine rings is 1. The van der Waals surface area contributed by atoms with E-state index >= 15 is 0 Å². The second-order valence-corrected chi connectivity index (χ2v) is 6.25. The molecule has 0 unspecified atom stereocenters. The van der Waals surface area contributed by atoms with Crippen LogP contribution < -0.4 is 10.6 Å². The summed E-state index contributed by atoms with van der Waals surface area (Å²) in [5.41, 5.74) is 1.78. The fourth-order valence-corrected chi connectivity index (χ4v) is 3.12. The molecule has 1 fully saturated rings. The summed E-state index contributed by atoms with van der Waals surface area (Å²) < 4.78 is 13.3. The van der Waals surface area contributed by atoms with Crippen LogP contribution in [0.1, 0.15) is 36.0 Å². The van der Waals surface area contributed by atoms with Crippen molar-refractivity contribution in [1.82, 2.24) is 15.6 Å². The lowest BCUT2D eigenvalue weighted by Gasteiger charge is -2.28. The summed E-state index contributed by atoms with van der Waals surface area (Å²) >= 11 is 0. The second kappa shape index (κ2) is 7.88. The number of halogens is 1. The first kappa shape index (κ1) is 17.1. The second-order valence-electron chi connectivity index (χ2n) is 6.25. The van der Waals surface area contributed by atoms with Crippen LogP contribution in [0, 0.1) is 5.82 Å². The van der Waals surface area contributed by atoms with Gasteiger partial charge in [-0.3, -0.25) is 14.6 Å². The normalized spacial score (nSPS) is 19.9. The fraction of sp³-hybridized carbons (Fsp3) is 0.316.